The first kappa shape index (κ1) is 30.1. The third-order valence-electron chi connectivity index (χ3n) is 10.2. The Morgan fingerprint density at radius 3 is 1.29 bits per heavy atom. The Hall–Kier alpha value is -5.26. The van der Waals surface area contributed by atoms with E-state index in [2.05, 4.69) is 9.80 Å². The largest absolute Gasteiger partial charge is 0.495 e. The Bertz CT molecular complexity index is 2120. The number of methoxy groups -OCH3 is 4. The van der Waals surface area contributed by atoms with Crippen LogP contribution in [0.5, 0.6) is 23.0 Å². The van der Waals surface area contributed by atoms with Gasteiger partial charge in [0.05, 0.1) is 51.7 Å². The molecule has 0 aliphatic carbocycles. The van der Waals surface area contributed by atoms with Crippen LogP contribution in [0, 0.1) is 11.8 Å². The fourth-order valence-corrected chi connectivity index (χ4v) is 7.80. The van der Waals surface area contributed by atoms with Gasteiger partial charge in [-0.2, -0.15) is 0 Å². The second kappa shape index (κ2) is 11.8. The highest BCUT2D eigenvalue weighted by Gasteiger charge is 2.33. The maximum absolute atomic E-state index is 13.4. The molecule has 2 saturated heterocycles. The zero-order chi connectivity index (χ0) is 33.1. The molecule has 12 nitrogen and oxygen atoms in total. The molecule has 0 amide bonds. The van der Waals surface area contributed by atoms with Gasteiger partial charge in [-0.05, 0) is 49.7 Å². The first-order valence-electron chi connectivity index (χ1n) is 16.1. The van der Waals surface area contributed by atoms with Gasteiger partial charge in [-0.1, -0.05) is 0 Å². The minimum Gasteiger partial charge on any atom is -0.495 e. The number of benzene rings is 2. The van der Waals surface area contributed by atoms with E-state index in [4.69, 9.17) is 36.6 Å². The van der Waals surface area contributed by atoms with Gasteiger partial charge in [-0.3, -0.25) is 9.59 Å². The maximum atomic E-state index is 13.4. The highest BCUT2D eigenvalue weighted by atomic mass is 16.5. The monoisotopic (exact) mass is 656 g/mol. The standard InChI is InChI=1S/C36H36N2O10/c1-41-29-21-9-15-45-31(21)35(43-3)33-27(29)23(39)17-25(47-33)37-11-5-19(6-12-37)20-7-13-38(14-8-20)26-18-24(40)28-30(42-2)22-10-16-46-32(22)36(44-4)34(28)48-26/h9-10,15-20H,5-8,11-14H2,1-4H3. The van der Waals surface area contributed by atoms with E-state index in [1.165, 1.54) is 28.4 Å². The van der Waals surface area contributed by atoms with Gasteiger partial charge in [-0.15, -0.1) is 0 Å². The van der Waals surface area contributed by atoms with E-state index in [9.17, 15) is 9.59 Å². The third kappa shape index (κ3) is 4.56. The van der Waals surface area contributed by atoms with Crippen LogP contribution in [0.25, 0.3) is 43.9 Å². The first-order chi connectivity index (χ1) is 23.4. The number of furan rings is 2. The van der Waals surface area contributed by atoms with Crippen molar-refractivity contribution in [2.75, 3.05) is 64.4 Å². The van der Waals surface area contributed by atoms with Crippen LogP contribution in [0.2, 0.25) is 0 Å². The van der Waals surface area contributed by atoms with Crippen molar-refractivity contribution < 1.29 is 36.6 Å². The maximum Gasteiger partial charge on any atom is 0.206 e. The van der Waals surface area contributed by atoms with Gasteiger partial charge in [0.15, 0.2) is 45.0 Å². The molecule has 6 aromatic rings. The van der Waals surface area contributed by atoms with Crippen molar-refractivity contribution in [3.8, 4) is 23.0 Å². The van der Waals surface area contributed by atoms with E-state index < -0.39 is 0 Å². The molecule has 2 aliphatic rings. The lowest BCUT2D eigenvalue weighted by atomic mass is 9.79. The molecule has 8 rings (SSSR count). The van der Waals surface area contributed by atoms with Crippen molar-refractivity contribution in [2.45, 2.75) is 25.7 Å². The summed E-state index contributed by atoms with van der Waals surface area (Å²) in [5, 5.41) is 1.99. The molecule has 250 valence electrons. The van der Waals surface area contributed by atoms with Crippen molar-refractivity contribution in [3.63, 3.8) is 0 Å². The molecule has 0 N–H and O–H groups in total. The smallest absolute Gasteiger partial charge is 0.206 e. The predicted molar refractivity (Wildman–Crippen MR) is 181 cm³/mol. The van der Waals surface area contributed by atoms with Gasteiger partial charge in [0.2, 0.25) is 11.5 Å². The van der Waals surface area contributed by atoms with Crippen LogP contribution in [0.4, 0.5) is 11.8 Å². The molecule has 0 atom stereocenters. The van der Waals surface area contributed by atoms with Crippen LogP contribution in [-0.4, -0.2) is 54.6 Å². The van der Waals surface area contributed by atoms with E-state index in [0.717, 1.165) is 51.9 Å². The number of fused-ring (bicyclic) bond motifs is 4. The molecule has 0 spiro atoms. The van der Waals surface area contributed by atoms with Gasteiger partial charge >= 0.3 is 0 Å². The Balaban J connectivity index is 0.986. The fraction of sp³-hybridized carbons (Fsp3) is 0.389. The van der Waals surface area contributed by atoms with E-state index in [0.29, 0.717) is 90.5 Å². The summed E-state index contributed by atoms with van der Waals surface area (Å²) in [5.41, 5.74) is 1.21. The highest BCUT2D eigenvalue weighted by Crippen LogP contribution is 2.45. The Morgan fingerprint density at radius 1 is 0.562 bits per heavy atom. The molecule has 2 aliphatic heterocycles. The molecule has 12 heteroatoms. The predicted octanol–water partition coefficient (Wildman–Crippen LogP) is 6.56. The fourth-order valence-electron chi connectivity index (χ4n) is 7.80. The molecular formula is C36H36N2O10. The number of ether oxygens (including phenoxy) is 4. The van der Waals surface area contributed by atoms with Gasteiger partial charge in [-0.25, -0.2) is 0 Å². The van der Waals surface area contributed by atoms with Gasteiger partial charge in [0.1, 0.15) is 22.3 Å². The Morgan fingerprint density at radius 2 is 0.938 bits per heavy atom. The van der Waals surface area contributed by atoms with Crippen molar-refractivity contribution in [2.24, 2.45) is 11.8 Å². The van der Waals surface area contributed by atoms with Gasteiger partial charge in [0, 0.05) is 38.3 Å². The molecule has 2 aromatic carbocycles. The van der Waals surface area contributed by atoms with Crippen LogP contribution in [0.1, 0.15) is 25.7 Å². The number of anilines is 2. The van der Waals surface area contributed by atoms with Crippen molar-refractivity contribution in [3.05, 3.63) is 57.2 Å². The summed E-state index contributed by atoms with van der Waals surface area (Å²) < 4.78 is 46.6. The lowest BCUT2D eigenvalue weighted by Gasteiger charge is -2.40. The summed E-state index contributed by atoms with van der Waals surface area (Å²) in [6.45, 7) is 3.07. The summed E-state index contributed by atoms with van der Waals surface area (Å²) in [6, 6.07) is 6.61. The topological polar surface area (TPSA) is 130 Å². The quantitative estimate of drug-likeness (QED) is 0.184. The molecular weight excluding hydrogens is 620 g/mol. The summed E-state index contributed by atoms with van der Waals surface area (Å²) in [6.07, 6.45) is 6.99. The van der Waals surface area contributed by atoms with E-state index in [-0.39, 0.29) is 10.9 Å². The average molecular weight is 657 g/mol. The van der Waals surface area contributed by atoms with Crippen molar-refractivity contribution in [1.29, 1.82) is 0 Å². The highest BCUT2D eigenvalue weighted by molar-refractivity contribution is 6.08. The number of nitrogens with zero attached hydrogens (tertiary/aromatic N) is 2. The number of rotatable bonds is 7. The zero-order valence-electron chi connectivity index (χ0n) is 27.3. The van der Waals surface area contributed by atoms with E-state index in [1.807, 2.05) is 0 Å². The average Bonchev–Trinajstić information content (AvgIpc) is 3.80. The second-order valence-corrected chi connectivity index (χ2v) is 12.4. The van der Waals surface area contributed by atoms with Crippen LogP contribution in [0.3, 0.4) is 0 Å². The van der Waals surface area contributed by atoms with Gasteiger partial charge in [0.25, 0.3) is 0 Å². The third-order valence-corrected chi connectivity index (χ3v) is 10.2. The lowest BCUT2D eigenvalue weighted by molar-refractivity contribution is 0.228. The van der Waals surface area contributed by atoms with E-state index >= 15 is 0 Å². The Labute approximate surface area is 274 Å². The van der Waals surface area contributed by atoms with Crippen LogP contribution < -0.4 is 39.6 Å². The molecule has 2 fully saturated rings. The number of hydrogen-bond donors (Lipinski definition) is 0. The molecule has 4 aromatic heterocycles. The minimum atomic E-state index is -0.191. The Kier molecular flexibility index (Phi) is 7.38. The first-order valence-corrected chi connectivity index (χ1v) is 16.1. The van der Waals surface area contributed by atoms with Crippen LogP contribution in [-0.2, 0) is 0 Å². The van der Waals surface area contributed by atoms with Crippen molar-refractivity contribution >= 4 is 55.6 Å². The van der Waals surface area contributed by atoms with Crippen LogP contribution >= 0.6 is 0 Å². The summed E-state index contributed by atoms with van der Waals surface area (Å²) >= 11 is 0. The molecule has 48 heavy (non-hydrogen) atoms. The summed E-state index contributed by atoms with van der Waals surface area (Å²) in [4.78, 5) is 31.1. The van der Waals surface area contributed by atoms with Crippen LogP contribution in [0.15, 0.2) is 64.0 Å². The molecule has 0 saturated carbocycles. The van der Waals surface area contributed by atoms with Gasteiger partial charge < -0.3 is 46.4 Å². The molecule has 0 bridgehead atoms. The minimum absolute atomic E-state index is 0.191. The molecule has 0 unspecified atom stereocenters. The zero-order valence-corrected chi connectivity index (χ0v) is 27.3. The van der Waals surface area contributed by atoms with E-state index in [1.54, 1.807) is 36.8 Å². The normalized spacial score (nSPS) is 16.4. The lowest BCUT2D eigenvalue weighted by Crippen LogP contribution is -2.41. The number of hydrogen-bond acceptors (Lipinski definition) is 12. The molecule has 6 heterocycles. The summed E-state index contributed by atoms with van der Waals surface area (Å²) in [7, 11) is 6.13. The SMILES string of the molecule is COc1c2occc2c(OC)c2c(=O)cc(N3CCC(C4CCN(c5cc(=O)c6c(OC)c7ccoc7c(OC)c6o5)CC4)CC3)oc12. The van der Waals surface area contributed by atoms with Crippen molar-refractivity contribution in [1.82, 2.24) is 0 Å². The number of piperidine rings is 2. The molecule has 0 radical (unpaired) electrons. The second-order valence-electron chi connectivity index (χ2n) is 12.4. The summed E-state index contributed by atoms with van der Waals surface area (Å²) in [5.74, 6) is 3.67.